The number of hydrogen-bond donors (Lipinski definition) is 2. The first-order valence-electron chi connectivity index (χ1n) is 5.49. The van der Waals surface area contributed by atoms with E-state index < -0.39 is 18.9 Å². The lowest BCUT2D eigenvalue weighted by Crippen LogP contribution is -2.17. The normalized spacial score (nSPS) is 10.1. The summed E-state index contributed by atoms with van der Waals surface area (Å²) in [7, 11) is 0. The first-order valence-corrected chi connectivity index (χ1v) is 5.49. The minimum Gasteiger partial charge on any atom is -0.507 e. The number of benzene rings is 1. The molecule has 0 aliphatic heterocycles. The Balaban J connectivity index is 2.45. The van der Waals surface area contributed by atoms with Crippen molar-refractivity contribution in [1.82, 2.24) is 0 Å². The molecule has 0 spiro atoms. The van der Waals surface area contributed by atoms with Crippen LogP contribution in [-0.4, -0.2) is 30.1 Å². The number of phenolic OH excluding ortho intramolecular Hbond substituents is 1. The van der Waals surface area contributed by atoms with E-state index in [0.717, 1.165) is 0 Å². The van der Waals surface area contributed by atoms with Gasteiger partial charge in [-0.2, -0.15) is 0 Å². The number of carbonyl (C=O) groups is 2. The van der Waals surface area contributed by atoms with E-state index in [1.54, 1.807) is 13.8 Å². The van der Waals surface area contributed by atoms with Crippen molar-refractivity contribution in [2.45, 2.75) is 20.0 Å². The van der Waals surface area contributed by atoms with E-state index in [0.29, 0.717) is 5.69 Å². The zero-order valence-corrected chi connectivity index (χ0v) is 10.6. The van der Waals surface area contributed by atoms with Gasteiger partial charge in [-0.25, -0.2) is 9.59 Å². The molecule has 0 aliphatic carbocycles. The highest BCUT2D eigenvalue weighted by Gasteiger charge is 2.14. The Hall–Kier alpha value is -2.44. The first kappa shape index (κ1) is 14.6. The monoisotopic (exact) mass is 269 g/mol. The fraction of sp³-hybridized carbons (Fsp3) is 0.333. The zero-order valence-electron chi connectivity index (χ0n) is 10.6. The van der Waals surface area contributed by atoms with Crippen LogP contribution in [0.4, 0.5) is 10.5 Å². The van der Waals surface area contributed by atoms with Crippen molar-refractivity contribution in [3.05, 3.63) is 23.8 Å². The summed E-state index contributed by atoms with van der Waals surface area (Å²) in [5.74, 6) is -1.15. The topological polar surface area (TPSA) is 108 Å². The third-order valence-electron chi connectivity index (χ3n) is 1.94. The third kappa shape index (κ3) is 4.74. The summed E-state index contributed by atoms with van der Waals surface area (Å²) >= 11 is 0. The van der Waals surface area contributed by atoms with Crippen LogP contribution in [0.15, 0.2) is 18.2 Å². The smallest absolute Gasteiger partial charge is 0.507 e. The molecule has 0 aromatic heterocycles. The number of ether oxygens (including phenoxy) is 3. The molecule has 0 heterocycles. The lowest BCUT2D eigenvalue weighted by atomic mass is 10.2. The van der Waals surface area contributed by atoms with Gasteiger partial charge in [0.15, 0.2) is 0 Å². The lowest BCUT2D eigenvalue weighted by molar-refractivity contribution is -0.0345. The Morgan fingerprint density at radius 3 is 2.58 bits per heavy atom. The molecular formula is C12H15NO6. The summed E-state index contributed by atoms with van der Waals surface area (Å²) in [4.78, 5) is 22.5. The van der Waals surface area contributed by atoms with Gasteiger partial charge in [0.25, 0.3) is 0 Å². The summed E-state index contributed by atoms with van der Waals surface area (Å²) in [5, 5.41) is 9.48. The summed E-state index contributed by atoms with van der Waals surface area (Å²) in [6.07, 6.45) is -1.27. The predicted octanol–water partition coefficient (Wildman–Crippen LogP) is 1.65. The van der Waals surface area contributed by atoms with Crippen molar-refractivity contribution >= 4 is 17.8 Å². The van der Waals surface area contributed by atoms with Crippen molar-refractivity contribution in [1.29, 1.82) is 0 Å². The van der Waals surface area contributed by atoms with E-state index in [4.69, 9.17) is 5.73 Å². The third-order valence-corrected chi connectivity index (χ3v) is 1.94. The number of phenols is 1. The number of rotatable bonds is 4. The predicted molar refractivity (Wildman–Crippen MR) is 65.5 cm³/mol. The van der Waals surface area contributed by atoms with Crippen LogP contribution < -0.4 is 5.73 Å². The Morgan fingerprint density at radius 2 is 2.00 bits per heavy atom. The van der Waals surface area contributed by atoms with Gasteiger partial charge >= 0.3 is 12.1 Å². The fourth-order valence-electron chi connectivity index (χ4n) is 1.16. The maximum absolute atomic E-state index is 11.5. The van der Waals surface area contributed by atoms with Crippen LogP contribution in [0.25, 0.3) is 0 Å². The van der Waals surface area contributed by atoms with E-state index in [-0.39, 0.29) is 17.4 Å². The second kappa shape index (κ2) is 6.48. The average molecular weight is 269 g/mol. The SMILES string of the molecule is CC(C)OC(=O)OCOC(=O)c1ccc(N)cc1O. The molecule has 0 amide bonds. The highest BCUT2D eigenvalue weighted by Crippen LogP contribution is 2.20. The quantitative estimate of drug-likeness (QED) is 0.486. The Morgan fingerprint density at radius 1 is 1.32 bits per heavy atom. The van der Waals surface area contributed by atoms with E-state index in [9.17, 15) is 14.7 Å². The molecule has 7 nitrogen and oxygen atoms in total. The molecule has 104 valence electrons. The van der Waals surface area contributed by atoms with Crippen LogP contribution in [0, 0.1) is 0 Å². The summed E-state index contributed by atoms with van der Waals surface area (Å²) in [6, 6.07) is 3.95. The molecular weight excluding hydrogens is 254 g/mol. The van der Waals surface area contributed by atoms with Gasteiger partial charge in [0.2, 0.25) is 6.79 Å². The van der Waals surface area contributed by atoms with Crippen molar-refractivity contribution in [3.8, 4) is 5.75 Å². The standard InChI is InChI=1S/C12H15NO6/c1-7(2)19-12(16)18-6-17-11(15)9-4-3-8(13)5-10(9)14/h3-5,7,14H,6,13H2,1-2H3. The number of anilines is 1. The van der Waals surface area contributed by atoms with Gasteiger partial charge < -0.3 is 25.1 Å². The minimum absolute atomic E-state index is 0.0740. The highest BCUT2D eigenvalue weighted by atomic mass is 16.8. The molecule has 1 rings (SSSR count). The van der Waals surface area contributed by atoms with E-state index in [1.165, 1.54) is 18.2 Å². The van der Waals surface area contributed by atoms with Crippen molar-refractivity contribution < 1.29 is 28.9 Å². The van der Waals surface area contributed by atoms with Gasteiger partial charge in [-0.15, -0.1) is 0 Å². The largest absolute Gasteiger partial charge is 0.511 e. The molecule has 1 aromatic rings. The molecule has 3 N–H and O–H groups in total. The maximum atomic E-state index is 11.5. The van der Waals surface area contributed by atoms with Gasteiger partial charge in [0.1, 0.15) is 11.3 Å². The molecule has 0 fully saturated rings. The number of carbonyl (C=O) groups excluding carboxylic acids is 2. The molecule has 0 unspecified atom stereocenters. The number of nitrogen functional groups attached to an aromatic ring is 1. The van der Waals surface area contributed by atoms with Crippen LogP contribution in [0.5, 0.6) is 5.75 Å². The van der Waals surface area contributed by atoms with Crippen molar-refractivity contribution in [2.24, 2.45) is 0 Å². The van der Waals surface area contributed by atoms with Gasteiger partial charge in [-0.1, -0.05) is 0 Å². The minimum atomic E-state index is -0.940. The van der Waals surface area contributed by atoms with E-state index in [1.807, 2.05) is 0 Å². The second-order valence-corrected chi connectivity index (χ2v) is 3.89. The van der Waals surface area contributed by atoms with Crippen molar-refractivity contribution in [2.75, 3.05) is 12.5 Å². The summed E-state index contributed by atoms with van der Waals surface area (Å²) < 4.78 is 13.8. The number of aromatic hydroxyl groups is 1. The fourth-order valence-corrected chi connectivity index (χ4v) is 1.16. The second-order valence-electron chi connectivity index (χ2n) is 3.89. The summed E-state index contributed by atoms with van der Waals surface area (Å²) in [6.45, 7) is 2.70. The maximum Gasteiger partial charge on any atom is 0.511 e. The number of esters is 1. The van der Waals surface area contributed by atoms with Gasteiger partial charge in [0.05, 0.1) is 6.10 Å². The number of nitrogens with two attached hydrogens (primary N) is 1. The van der Waals surface area contributed by atoms with Crippen LogP contribution in [0.1, 0.15) is 24.2 Å². The van der Waals surface area contributed by atoms with Crippen LogP contribution >= 0.6 is 0 Å². The van der Waals surface area contributed by atoms with E-state index in [2.05, 4.69) is 14.2 Å². The molecule has 0 atom stereocenters. The van der Waals surface area contributed by atoms with Crippen LogP contribution in [0.2, 0.25) is 0 Å². The molecule has 19 heavy (non-hydrogen) atoms. The van der Waals surface area contributed by atoms with Gasteiger partial charge in [0, 0.05) is 11.8 Å². The highest BCUT2D eigenvalue weighted by molar-refractivity contribution is 5.92. The first-order chi connectivity index (χ1) is 8.90. The molecule has 0 saturated carbocycles. The molecule has 0 aliphatic rings. The van der Waals surface area contributed by atoms with E-state index >= 15 is 0 Å². The molecule has 0 radical (unpaired) electrons. The zero-order chi connectivity index (χ0) is 14.4. The molecule has 1 aromatic carbocycles. The Labute approximate surface area is 109 Å². The average Bonchev–Trinajstić information content (AvgIpc) is 2.27. The van der Waals surface area contributed by atoms with Crippen molar-refractivity contribution in [3.63, 3.8) is 0 Å². The van der Waals surface area contributed by atoms with Crippen LogP contribution in [0.3, 0.4) is 0 Å². The van der Waals surface area contributed by atoms with Crippen LogP contribution in [-0.2, 0) is 14.2 Å². The van der Waals surface area contributed by atoms with Gasteiger partial charge in [-0.05, 0) is 26.0 Å². The lowest BCUT2D eigenvalue weighted by Gasteiger charge is -2.09. The molecule has 7 heteroatoms. The summed E-state index contributed by atoms with van der Waals surface area (Å²) in [5.41, 5.74) is 5.65. The molecule has 0 bridgehead atoms. The Bertz CT molecular complexity index is 471. The Kier molecular flexibility index (Phi) is 4.99. The number of hydrogen-bond acceptors (Lipinski definition) is 7. The molecule has 0 saturated heterocycles. The van der Waals surface area contributed by atoms with Gasteiger partial charge in [-0.3, -0.25) is 0 Å².